The number of alkyl halides is 16. The molecule has 41 heavy (non-hydrogen) atoms. The quantitative estimate of drug-likeness (QED) is 0.118. The van der Waals surface area contributed by atoms with Gasteiger partial charge in [-0.15, -0.1) is 0 Å². The van der Waals surface area contributed by atoms with Gasteiger partial charge in [-0.2, -0.15) is 74.6 Å². The summed E-state index contributed by atoms with van der Waals surface area (Å²) in [5.41, 5.74) is -9.14. The average molecular weight is 660 g/mol. The molecule has 0 atom stereocenters. The van der Waals surface area contributed by atoms with Gasteiger partial charge in [-0.1, -0.05) is 0 Å². The molecule has 0 aliphatic heterocycles. The monoisotopic (exact) mass is 660 g/mol. The van der Waals surface area contributed by atoms with E-state index in [-0.39, 0.29) is 0 Å². The van der Waals surface area contributed by atoms with Crippen molar-refractivity contribution >= 4 is 5.83 Å². The third-order valence-corrected chi connectivity index (χ3v) is 4.56. The van der Waals surface area contributed by atoms with Crippen molar-refractivity contribution in [1.29, 1.82) is 0 Å². The fourth-order valence-corrected chi connectivity index (χ4v) is 2.46. The normalized spacial score (nSPS) is 16.1. The number of benzene rings is 1. The van der Waals surface area contributed by atoms with Gasteiger partial charge in [0.1, 0.15) is 11.4 Å². The maximum Gasteiger partial charge on any atom is 0.460 e. The van der Waals surface area contributed by atoms with Crippen LogP contribution in [0.3, 0.4) is 0 Å². The lowest BCUT2D eigenvalue weighted by Crippen LogP contribution is -2.70. The summed E-state index contributed by atoms with van der Waals surface area (Å²) in [6.45, 7) is 0. The second-order valence-electron chi connectivity index (χ2n) is 7.13. The summed E-state index contributed by atoms with van der Waals surface area (Å²) in [6, 6.07) is 0. The van der Waals surface area contributed by atoms with E-state index in [0.717, 1.165) is 0 Å². The lowest BCUT2D eigenvalue weighted by atomic mass is 9.88. The summed E-state index contributed by atoms with van der Waals surface area (Å²) < 4.78 is 319. The number of hydrogen-bond donors (Lipinski definition) is 0. The Morgan fingerprint density at radius 1 is 0.415 bits per heavy atom. The molecule has 0 fully saturated rings. The van der Waals surface area contributed by atoms with Crippen LogP contribution >= 0.6 is 0 Å². The minimum absolute atomic E-state index is 3.41. The van der Waals surface area contributed by atoms with Gasteiger partial charge in [-0.05, 0) is 0 Å². The van der Waals surface area contributed by atoms with Crippen LogP contribution in [-0.2, 0) is 0 Å². The summed E-state index contributed by atoms with van der Waals surface area (Å²) in [5, 5.41) is 0. The lowest BCUT2D eigenvalue weighted by Gasteiger charge is -2.40. The first-order valence-corrected chi connectivity index (χ1v) is 8.79. The highest BCUT2D eigenvalue weighted by atomic mass is 19.4. The van der Waals surface area contributed by atoms with Crippen LogP contribution in [0.15, 0.2) is 17.2 Å². The number of hydrogen-bond acceptors (Lipinski definition) is 0. The van der Waals surface area contributed by atoms with Crippen LogP contribution in [0.1, 0.15) is 5.56 Å². The molecular weight excluding hydrogens is 660 g/mol. The van der Waals surface area contributed by atoms with E-state index < -0.39 is 99.7 Å². The Balaban J connectivity index is 4.44. The minimum Gasteiger partial charge on any atom is -0.205 e. The fourth-order valence-electron chi connectivity index (χ4n) is 2.46. The molecule has 1 rings (SSSR count). The molecule has 0 radical (unpaired) electrons. The smallest absolute Gasteiger partial charge is 0.205 e. The summed E-state index contributed by atoms with van der Waals surface area (Å²) in [6.07, 6.45) is -15.2. The molecule has 0 aliphatic carbocycles. The maximum absolute atomic E-state index is 14.5. The Kier molecular flexibility index (Phi) is 8.86. The van der Waals surface area contributed by atoms with Gasteiger partial charge in [0.05, 0.1) is 5.56 Å². The molecule has 0 bridgehead atoms. The Hall–Kier alpha value is -2.98. The topological polar surface area (TPSA) is 0 Å². The summed E-state index contributed by atoms with van der Waals surface area (Å²) in [5.74, 6) is -77.1. The molecule has 24 heteroatoms. The van der Waals surface area contributed by atoms with Crippen LogP contribution in [0.4, 0.5) is 105 Å². The van der Waals surface area contributed by atoms with Gasteiger partial charge in [0, 0.05) is 0 Å². The van der Waals surface area contributed by atoms with Crippen molar-refractivity contribution in [3.05, 3.63) is 51.9 Å². The number of halogens is 24. The van der Waals surface area contributed by atoms with Gasteiger partial charge in [-0.25, -0.2) is 30.7 Å². The predicted octanol–water partition coefficient (Wildman–Crippen LogP) is 9.51. The Labute approximate surface area is 206 Å². The molecule has 0 aromatic heterocycles. The Morgan fingerprint density at radius 3 is 1.05 bits per heavy atom. The molecule has 0 aliphatic rings. The second kappa shape index (κ2) is 10.1. The Morgan fingerprint density at radius 2 is 0.732 bits per heavy atom. The highest BCUT2D eigenvalue weighted by Crippen LogP contribution is 2.62. The van der Waals surface area contributed by atoms with Crippen LogP contribution < -0.4 is 0 Å². The Bertz CT molecular complexity index is 1230. The van der Waals surface area contributed by atoms with E-state index in [9.17, 15) is 105 Å². The van der Waals surface area contributed by atoms with Gasteiger partial charge in [-0.3, -0.25) is 0 Å². The zero-order chi connectivity index (χ0) is 33.3. The van der Waals surface area contributed by atoms with Gasteiger partial charge >= 0.3 is 42.0 Å². The molecule has 1 aromatic carbocycles. The van der Waals surface area contributed by atoms with Gasteiger partial charge in [0.2, 0.25) is 11.6 Å². The zero-order valence-corrected chi connectivity index (χ0v) is 17.6. The third kappa shape index (κ3) is 5.14. The van der Waals surface area contributed by atoms with Crippen molar-refractivity contribution in [2.45, 2.75) is 42.0 Å². The number of rotatable bonds is 7. The minimum atomic E-state index is -9.01. The number of allylic oxidation sites excluding steroid dienone is 3. The van der Waals surface area contributed by atoms with Crippen LogP contribution in [0, 0.1) is 29.1 Å². The van der Waals surface area contributed by atoms with Crippen LogP contribution in [-0.4, -0.2) is 42.0 Å². The molecule has 0 N–H and O–H groups in total. The predicted molar refractivity (Wildman–Crippen MR) is 80.3 cm³/mol. The first-order valence-electron chi connectivity index (χ1n) is 8.79. The zero-order valence-electron chi connectivity index (χ0n) is 17.6. The van der Waals surface area contributed by atoms with Crippen molar-refractivity contribution in [2.75, 3.05) is 0 Å². The van der Waals surface area contributed by atoms with E-state index in [4.69, 9.17) is 0 Å². The third-order valence-electron chi connectivity index (χ3n) is 4.56. The standard InChI is InChI=1S/C17F24/c18-3(1-4(19)7(22)9(24)8(23)5(1)20)2(6(21)10(25)12(28,29)30)11(26,27)13(31,32)14(33,34)15(35,36)16(37,38)17(39,40)41. The van der Waals surface area contributed by atoms with E-state index in [1.54, 1.807) is 0 Å². The van der Waals surface area contributed by atoms with Crippen molar-refractivity contribution in [2.24, 2.45) is 0 Å². The van der Waals surface area contributed by atoms with Crippen molar-refractivity contribution in [3.8, 4) is 0 Å². The highest BCUT2D eigenvalue weighted by Gasteiger charge is 2.91. The van der Waals surface area contributed by atoms with Crippen LogP contribution in [0.5, 0.6) is 0 Å². The van der Waals surface area contributed by atoms with Gasteiger partial charge in [0.15, 0.2) is 29.1 Å². The molecule has 236 valence electrons. The summed E-state index contributed by atoms with van der Waals surface area (Å²) in [7, 11) is 0. The first kappa shape index (κ1) is 36.0. The molecule has 0 amide bonds. The van der Waals surface area contributed by atoms with Crippen molar-refractivity contribution in [3.63, 3.8) is 0 Å². The molecule has 0 saturated heterocycles. The van der Waals surface area contributed by atoms with Crippen LogP contribution in [0.25, 0.3) is 5.83 Å². The van der Waals surface area contributed by atoms with Crippen molar-refractivity contribution in [1.82, 2.24) is 0 Å². The van der Waals surface area contributed by atoms with Crippen LogP contribution in [0.2, 0.25) is 0 Å². The second-order valence-corrected chi connectivity index (χ2v) is 7.13. The van der Waals surface area contributed by atoms with Gasteiger partial charge in [0.25, 0.3) is 0 Å². The maximum atomic E-state index is 14.5. The molecule has 1 aromatic rings. The molecule has 0 heterocycles. The summed E-state index contributed by atoms with van der Waals surface area (Å²) in [4.78, 5) is 0. The SMILES string of the molecule is FC(=C(F)C(F)(F)F)C(=C(F)c1c(F)c(F)c(F)c(F)c1F)C(F)(F)C(F)(F)C(F)(F)C(F)(F)C(F)(F)C(F)(F)F. The van der Waals surface area contributed by atoms with E-state index in [1.165, 1.54) is 0 Å². The largest absolute Gasteiger partial charge is 0.460 e. The fraction of sp³-hybridized carbons (Fsp3) is 0.412. The average Bonchev–Trinajstić information content (AvgIpc) is 2.79. The molecule has 0 unspecified atom stereocenters. The molecular formula is C17F24. The van der Waals surface area contributed by atoms with E-state index in [0.29, 0.717) is 0 Å². The van der Waals surface area contributed by atoms with E-state index >= 15 is 0 Å². The van der Waals surface area contributed by atoms with E-state index in [2.05, 4.69) is 0 Å². The van der Waals surface area contributed by atoms with Crippen molar-refractivity contribution < 1.29 is 105 Å². The molecule has 0 nitrogen and oxygen atoms in total. The van der Waals surface area contributed by atoms with E-state index in [1.807, 2.05) is 0 Å². The molecule has 0 spiro atoms. The summed E-state index contributed by atoms with van der Waals surface area (Å²) >= 11 is 0. The first-order chi connectivity index (χ1) is 17.8. The highest BCUT2D eigenvalue weighted by molar-refractivity contribution is 5.70. The lowest BCUT2D eigenvalue weighted by molar-refractivity contribution is -0.436. The molecule has 0 saturated carbocycles. The van der Waals surface area contributed by atoms with Gasteiger partial charge < -0.3 is 0 Å².